The molecule has 4 nitrogen and oxygen atoms in total. The van der Waals surface area contributed by atoms with Gasteiger partial charge in [-0.05, 0) is 25.0 Å². The number of aromatic nitrogens is 1. The summed E-state index contributed by atoms with van der Waals surface area (Å²) in [4.78, 5) is 6.33. The Morgan fingerprint density at radius 1 is 1.29 bits per heavy atom. The van der Waals surface area contributed by atoms with Crippen molar-refractivity contribution in [3.8, 4) is 0 Å². The summed E-state index contributed by atoms with van der Waals surface area (Å²) in [5.41, 5.74) is 1.74. The van der Waals surface area contributed by atoms with Gasteiger partial charge in [-0.3, -0.25) is 4.98 Å². The van der Waals surface area contributed by atoms with Crippen LogP contribution in [-0.2, 0) is 6.61 Å². The molecule has 1 atom stereocenters. The number of nitrogens with zero attached hydrogens (tertiary/aromatic N) is 2. The monoisotopic (exact) mass is 236 g/mol. The fourth-order valence-electron chi connectivity index (χ4n) is 2.44. The lowest BCUT2D eigenvalue weighted by Crippen LogP contribution is -2.37. The maximum absolute atomic E-state index is 9.47. The van der Waals surface area contributed by atoms with E-state index in [-0.39, 0.29) is 19.3 Å². The van der Waals surface area contributed by atoms with Crippen molar-refractivity contribution in [2.24, 2.45) is 0 Å². The molecule has 0 aromatic carbocycles. The van der Waals surface area contributed by atoms with Gasteiger partial charge in [-0.2, -0.15) is 0 Å². The van der Waals surface area contributed by atoms with Gasteiger partial charge in [-0.1, -0.05) is 12.8 Å². The van der Waals surface area contributed by atoms with E-state index in [9.17, 15) is 5.11 Å². The average Bonchev–Trinajstić information content (AvgIpc) is 2.63. The zero-order chi connectivity index (χ0) is 12.1. The average molecular weight is 236 g/mol. The molecule has 1 saturated heterocycles. The van der Waals surface area contributed by atoms with Crippen molar-refractivity contribution in [1.29, 1.82) is 0 Å². The lowest BCUT2D eigenvalue weighted by molar-refractivity contribution is 0.255. The van der Waals surface area contributed by atoms with Gasteiger partial charge in [0.2, 0.25) is 0 Å². The SMILES string of the molecule is OCc1cc(N2CCCCCC2CO)ccn1. The van der Waals surface area contributed by atoms with Crippen molar-refractivity contribution in [2.75, 3.05) is 18.1 Å². The zero-order valence-electron chi connectivity index (χ0n) is 10.0. The molecule has 0 saturated carbocycles. The van der Waals surface area contributed by atoms with E-state index in [1.165, 1.54) is 12.8 Å². The molecule has 2 heterocycles. The highest BCUT2D eigenvalue weighted by Crippen LogP contribution is 2.24. The van der Waals surface area contributed by atoms with Crippen molar-refractivity contribution < 1.29 is 10.2 Å². The predicted molar refractivity (Wildman–Crippen MR) is 66.8 cm³/mol. The summed E-state index contributed by atoms with van der Waals surface area (Å²) in [7, 11) is 0. The van der Waals surface area contributed by atoms with E-state index >= 15 is 0 Å². The van der Waals surface area contributed by atoms with Crippen LogP contribution in [0.3, 0.4) is 0 Å². The Labute approximate surface area is 102 Å². The molecule has 1 fully saturated rings. The molecule has 4 heteroatoms. The summed E-state index contributed by atoms with van der Waals surface area (Å²) in [5.74, 6) is 0. The van der Waals surface area contributed by atoms with Crippen LogP contribution in [0.5, 0.6) is 0 Å². The third kappa shape index (κ3) is 2.96. The Morgan fingerprint density at radius 2 is 2.18 bits per heavy atom. The minimum absolute atomic E-state index is 0.0362. The van der Waals surface area contributed by atoms with Gasteiger partial charge in [0.1, 0.15) is 0 Å². The Hall–Kier alpha value is -1.13. The second-order valence-corrected chi connectivity index (χ2v) is 4.54. The standard InChI is InChI=1S/C13H20N2O2/c16-9-11-8-12(5-6-14-11)15-7-3-1-2-4-13(15)10-17/h5-6,8,13,16-17H,1-4,7,9-10H2. The first-order valence-corrected chi connectivity index (χ1v) is 6.28. The van der Waals surface area contributed by atoms with Crippen LogP contribution in [0.1, 0.15) is 31.4 Å². The predicted octanol–water partition coefficient (Wildman–Crippen LogP) is 1.32. The van der Waals surface area contributed by atoms with E-state index < -0.39 is 0 Å². The molecule has 1 aromatic rings. The third-order valence-electron chi connectivity index (χ3n) is 3.38. The Balaban J connectivity index is 2.21. The van der Waals surface area contributed by atoms with Crippen LogP contribution in [-0.4, -0.2) is 34.4 Å². The smallest absolute Gasteiger partial charge is 0.0853 e. The molecule has 1 aliphatic rings. The van der Waals surface area contributed by atoms with Crippen molar-refractivity contribution in [3.05, 3.63) is 24.0 Å². The summed E-state index contributed by atoms with van der Waals surface area (Å²) in [5, 5.41) is 18.6. The lowest BCUT2D eigenvalue weighted by atomic mass is 10.1. The molecule has 0 radical (unpaired) electrons. The highest BCUT2D eigenvalue weighted by Gasteiger charge is 2.20. The van der Waals surface area contributed by atoms with E-state index in [2.05, 4.69) is 9.88 Å². The maximum Gasteiger partial charge on any atom is 0.0853 e. The number of aliphatic hydroxyl groups excluding tert-OH is 2. The van der Waals surface area contributed by atoms with E-state index in [4.69, 9.17) is 5.11 Å². The summed E-state index contributed by atoms with van der Waals surface area (Å²) >= 11 is 0. The molecule has 1 aliphatic heterocycles. The highest BCUT2D eigenvalue weighted by atomic mass is 16.3. The summed E-state index contributed by atoms with van der Waals surface area (Å²) < 4.78 is 0. The molecular formula is C13H20N2O2. The zero-order valence-corrected chi connectivity index (χ0v) is 10.0. The number of pyridine rings is 1. The van der Waals surface area contributed by atoms with Crippen LogP contribution in [0.25, 0.3) is 0 Å². The third-order valence-corrected chi connectivity index (χ3v) is 3.38. The fraction of sp³-hybridized carbons (Fsp3) is 0.615. The van der Waals surface area contributed by atoms with Crippen LogP contribution < -0.4 is 4.90 Å². The van der Waals surface area contributed by atoms with Gasteiger partial charge >= 0.3 is 0 Å². The lowest BCUT2D eigenvalue weighted by Gasteiger charge is -2.30. The first-order valence-electron chi connectivity index (χ1n) is 6.28. The quantitative estimate of drug-likeness (QED) is 0.831. The van der Waals surface area contributed by atoms with Crippen molar-refractivity contribution in [1.82, 2.24) is 4.98 Å². The van der Waals surface area contributed by atoms with Crippen LogP contribution >= 0.6 is 0 Å². The van der Waals surface area contributed by atoms with E-state index in [1.54, 1.807) is 6.20 Å². The minimum atomic E-state index is -0.0362. The second-order valence-electron chi connectivity index (χ2n) is 4.54. The number of rotatable bonds is 3. The van der Waals surface area contributed by atoms with Gasteiger partial charge in [0.15, 0.2) is 0 Å². The maximum atomic E-state index is 9.47. The molecule has 17 heavy (non-hydrogen) atoms. The van der Waals surface area contributed by atoms with E-state index in [0.29, 0.717) is 5.69 Å². The topological polar surface area (TPSA) is 56.6 Å². The second kappa shape index (κ2) is 5.98. The summed E-state index contributed by atoms with van der Waals surface area (Å²) in [6.07, 6.45) is 6.32. The van der Waals surface area contributed by atoms with Gasteiger partial charge < -0.3 is 15.1 Å². The van der Waals surface area contributed by atoms with Gasteiger partial charge in [0.05, 0.1) is 24.9 Å². The molecule has 94 valence electrons. The Morgan fingerprint density at radius 3 is 2.94 bits per heavy atom. The molecule has 0 spiro atoms. The first-order chi connectivity index (χ1) is 8.35. The number of aliphatic hydroxyl groups is 2. The minimum Gasteiger partial charge on any atom is -0.394 e. The first kappa shape index (κ1) is 12.3. The molecular weight excluding hydrogens is 216 g/mol. The highest BCUT2D eigenvalue weighted by molar-refractivity contribution is 5.47. The van der Waals surface area contributed by atoms with E-state index in [1.807, 2.05) is 12.1 Å². The van der Waals surface area contributed by atoms with Crippen molar-refractivity contribution in [3.63, 3.8) is 0 Å². The summed E-state index contributed by atoms with van der Waals surface area (Å²) in [6.45, 7) is 1.13. The van der Waals surface area contributed by atoms with Gasteiger partial charge in [0, 0.05) is 18.4 Å². The molecule has 0 bridgehead atoms. The fourth-order valence-corrected chi connectivity index (χ4v) is 2.44. The number of hydrogen-bond donors (Lipinski definition) is 2. The Kier molecular flexibility index (Phi) is 4.34. The Bertz CT molecular complexity index is 357. The van der Waals surface area contributed by atoms with Gasteiger partial charge in [-0.25, -0.2) is 0 Å². The number of hydrogen-bond acceptors (Lipinski definition) is 4. The molecule has 2 N–H and O–H groups in total. The molecule has 1 unspecified atom stereocenters. The molecule has 1 aromatic heterocycles. The van der Waals surface area contributed by atoms with Crippen LogP contribution in [0.15, 0.2) is 18.3 Å². The van der Waals surface area contributed by atoms with Crippen LogP contribution in [0.4, 0.5) is 5.69 Å². The van der Waals surface area contributed by atoms with Crippen molar-refractivity contribution in [2.45, 2.75) is 38.3 Å². The van der Waals surface area contributed by atoms with Gasteiger partial charge in [-0.15, -0.1) is 0 Å². The van der Waals surface area contributed by atoms with Gasteiger partial charge in [0.25, 0.3) is 0 Å². The van der Waals surface area contributed by atoms with Crippen LogP contribution in [0, 0.1) is 0 Å². The normalized spacial score (nSPS) is 21.3. The molecule has 2 rings (SSSR count). The van der Waals surface area contributed by atoms with Crippen molar-refractivity contribution >= 4 is 5.69 Å². The van der Waals surface area contributed by atoms with E-state index in [0.717, 1.165) is 25.1 Å². The summed E-state index contributed by atoms with van der Waals surface area (Å²) in [6, 6.07) is 4.06. The molecule has 0 aliphatic carbocycles. The largest absolute Gasteiger partial charge is 0.394 e. The number of anilines is 1. The van der Waals surface area contributed by atoms with Crippen LogP contribution in [0.2, 0.25) is 0 Å². The molecule has 0 amide bonds.